The summed E-state index contributed by atoms with van der Waals surface area (Å²) >= 11 is 5.96. The van der Waals surface area contributed by atoms with Crippen LogP contribution in [-0.4, -0.2) is 50.0 Å². The number of rotatable bonds is 11. The highest BCUT2D eigenvalue weighted by Crippen LogP contribution is 2.22. The van der Waals surface area contributed by atoms with Crippen LogP contribution in [0, 0.1) is 11.6 Å². The summed E-state index contributed by atoms with van der Waals surface area (Å²) in [6.07, 6.45) is 1.81. The summed E-state index contributed by atoms with van der Waals surface area (Å²) in [5.74, 6) is -3.45. The number of benzene rings is 2. The highest BCUT2D eigenvalue weighted by Gasteiger charge is 2.32. The van der Waals surface area contributed by atoms with Crippen LogP contribution in [-0.2, 0) is 26.2 Å². The van der Waals surface area contributed by atoms with E-state index in [0.29, 0.717) is 27.4 Å². The molecule has 2 aromatic rings. The quantitative estimate of drug-likeness (QED) is 0.474. The molecule has 0 aromatic heterocycles. The average molecular weight is 530 g/mol. The van der Waals surface area contributed by atoms with Gasteiger partial charge in [0.1, 0.15) is 12.6 Å². The maximum atomic E-state index is 13.8. The summed E-state index contributed by atoms with van der Waals surface area (Å²) in [7, 11) is -4.05. The SMILES string of the molecule is CC[C@@H](C)NC(=O)[C@@H](CC)N(Cc1ccc(Cl)cc1)C(=O)CN(c1ccc(F)c(F)c1)S(C)(=O)=O. The lowest BCUT2D eigenvalue weighted by Crippen LogP contribution is -2.53. The van der Waals surface area contributed by atoms with Crippen LogP contribution in [0.3, 0.4) is 0 Å². The molecule has 11 heteroatoms. The van der Waals surface area contributed by atoms with Crippen molar-refractivity contribution >= 4 is 39.1 Å². The molecule has 0 spiro atoms. The van der Waals surface area contributed by atoms with Crippen LogP contribution in [0.15, 0.2) is 42.5 Å². The lowest BCUT2D eigenvalue weighted by molar-refractivity contribution is -0.140. The average Bonchev–Trinajstić information content (AvgIpc) is 2.79. The number of amides is 2. The molecule has 0 fully saturated rings. The van der Waals surface area contributed by atoms with E-state index < -0.39 is 40.2 Å². The lowest BCUT2D eigenvalue weighted by atomic mass is 10.1. The number of nitrogens with one attached hydrogen (secondary N) is 1. The van der Waals surface area contributed by atoms with E-state index >= 15 is 0 Å². The molecule has 35 heavy (non-hydrogen) atoms. The third kappa shape index (κ3) is 7.90. The second-order valence-electron chi connectivity index (χ2n) is 8.26. The highest BCUT2D eigenvalue weighted by molar-refractivity contribution is 7.92. The second kappa shape index (κ2) is 12.3. The fourth-order valence-corrected chi connectivity index (χ4v) is 4.37. The Morgan fingerprint density at radius 1 is 1.03 bits per heavy atom. The van der Waals surface area contributed by atoms with Gasteiger partial charge in [-0.15, -0.1) is 0 Å². The van der Waals surface area contributed by atoms with E-state index in [9.17, 15) is 26.8 Å². The van der Waals surface area contributed by atoms with Crippen molar-refractivity contribution in [3.63, 3.8) is 0 Å². The van der Waals surface area contributed by atoms with Gasteiger partial charge in [0.25, 0.3) is 0 Å². The normalized spacial score (nSPS) is 13.1. The summed E-state index contributed by atoms with van der Waals surface area (Å²) in [6, 6.07) is 8.23. The van der Waals surface area contributed by atoms with Crippen LogP contribution >= 0.6 is 11.6 Å². The van der Waals surface area contributed by atoms with E-state index in [4.69, 9.17) is 11.6 Å². The summed E-state index contributed by atoms with van der Waals surface area (Å²) < 4.78 is 52.9. The first-order valence-electron chi connectivity index (χ1n) is 11.1. The van der Waals surface area contributed by atoms with Crippen LogP contribution in [0.5, 0.6) is 0 Å². The second-order valence-corrected chi connectivity index (χ2v) is 10.6. The number of sulfonamides is 1. The van der Waals surface area contributed by atoms with Gasteiger partial charge >= 0.3 is 0 Å². The zero-order valence-electron chi connectivity index (χ0n) is 20.1. The monoisotopic (exact) mass is 529 g/mol. The van der Waals surface area contributed by atoms with E-state index in [-0.39, 0.29) is 30.6 Å². The minimum absolute atomic E-state index is 0.0117. The molecule has 2 rings (SSSR count). The molecule has 0 bridgehead atoms. The molecule has 0 saturated carbocycles. The molecule has 0 heterocycles. The number of carbonyl (C=O) groups is 2. The first-order valence-corrected chi connectivity index (χ1v) is 13.4. The number of carbonyl (C=O) groups excluding carboxylic acids is 2. The Hall–Kier alpha value is -2.72. The summed E-state index contributed by atoms with van der Waals surface area (Å²) in [5.41, 5.74) is 0.472. The molecular formula is C24H30ClF2N3O4S. The molecule has 0 aliphatic carbocycles. The molecule has 0 unspecified atom stereocenters. The molecular weight excluding hydrogens is 500 g/mol. The van der Waals surface area contributed by atoms with E-state index in [1.165, 1.54) is 4.90 Å². The highest BCUT2D eigenvalue weighted by atomic mass is 35.5. The maximum absolute atomic E-state index is 13.8. The van der Waals surface area contributed by atoms with Crippen LogP contribution in [0.2, 0.25) is 5.02 Å². The van der Waals surface area contributed by atoms with Gasteiger partial charge in [0.15, 0.2) is 11.6 Å². The summed E-state index contributed by atoms with van der Waals surface area (Å²) in [5, 5.41) is 3.36. The van der Waals surface area contributed by atoms with Gasteiger partial charge in [-0.1, -0.05) is 37.6 Å². The Balaban J connectivity index is 2.45. The molecule has 7 nitrogen and oxygen atoms in total. The summed E-state index contributed by atoms with van der Waals surface area (Å²) in [4.78, 5) is 27.8. The Kier molecular flexibility index (Phi) is 10.0. The minimum Gasteiger partial charge on any atom is -0.352 e. The molecule has 2 atom stereocenters. The molecule has 0 saturated heterocycles. The number of hydrogen-bond donors (Lipinski definition) is 1. The molecule has 2 amide bonds. The first kappa shape index (κ1) is 28.5. The predicted molar refractivity (Wildman–Crippen MR) is 133 cm³/mol. The predicted octanol–water partition coefficient (Wildman–Crippen LogP) is 4.11. The molecule has 1 N–H and O–H groups in total. The fraction of sp³-hybridized carbons (Fsp3) is 0.417. The minimum atomic E-state index is -4.05. The molecule has 2 aromatic carbocycles. The molecule has 0 aliphatic rings. The Morgan fingerprint density at radius 2 is 1.66 bits per heavy atom. The van der Waals surface area contributed by atoms with E-state index in [1.54, 1.807) is 31.2 Å². The van der Waals surface area contributed by atoms with Gasteiger partial charge in [-0.2, -0.15) is 0 Å². The van der Waals surface area contributed by atoms with Crippen molar-refractivity contribution in [3.8, 4) is 0 Å². The number of hydrogen-bond acceptors (Lipinski definition) is 4. The van der Waals surface area contributed by atoms with Crippen LogP contribution in [0.4, 0.5) is 14.5 Å². The van der Waals surface area contributed by atoms with Crippen molar-refractivity contribution in [1.29, 1.82) is 0 Å². The van der Waals surface area contributed by atoms with Crippen molar-refractivity contribution < 1.29 is 26.8 Å². The first-order chi connectivity index (χ1) is 16.4. The van der Waals surface area contributed by atoms with Gasteiger partial charge in [0, 0.05) is 23.7 Å². The largest absolute Gasteiger partial charge is 0.352 e. The Morgan fingerprint density at radius 3 is 2.17 bits per heavy atom. The zero-order chi connectivity index (χ0) is 26.3. The van der Waals surface area contributed by atoms with Crippen LogP contribution < -0.4 is 9.62 Å². The van der Waals surface area contributed by atoms with Crippen LogP contribution in [0.25, 0.3) is 0 Å². The topological polar surface area (TPSA) is 86.8 Å². The van der Waals surface area contributed by atoms with Crippen molar-refractivity contribution in [2.75, 3.05) is 17.1 Å². The fourth-order valence-electron chi connectivity index (χ4n) is 3.40. The molecule has 0 radical (unpaired) electrons. The maximum Gasteiger partial charge on any atom is 0.244 e. The molecule has 192 valence electrons. The van der Waals surface area contributed by atoms with Crippen molar-refractivity contribution in [1.82, 2.24) is 10.2 Å². The Bertz CT molecular complexity index is 1150. The number of anilines is 1. The van der Waals surface area contributed by atoms with Crippen molar-refractivity contribution in [3.05, 3.63) is 64.7 Å². The van der Waals surface area contributed by atoms with Gasteiger partial charge in [-0.05, 0) is 49.6 Å². The van der Waals surface area contributed by atoms with Crippen molar-refractivity contribution in [2.24, 2.45) is 0 Å². The Labute approximate surface area is 210 Å². The summed E-state index contributed by atoms with van der Waals surface area (Å²) in [6.45, 7) is 4.80. The standard InChI is InChI=1S/C24H30ClF2N3O4S/c1-5-16(3)28-24(32)22(6-2)29(14-17-7-9-18(25)10-8-17)23(31)15-30(35(4,33)34)19-11-12-20(26)21(27)13-19/h7-13,16,22H,5-6,14-15H2,1-4H3,(H,28,32)/t16-,22-/m1/s1. The van der Waals surface area contributed by atoms with Gasteiger partial charge in [-0.3, -0.25) is 13.9 Å². The van der Waals surface area contributed by atoms with Crippen LogP contribution in [0.1, 0.15) is 39.2 Å². The number of nitrogens with zero attached hydrogens (tertiary/aromatic N) is 2. The molecule has 0 aliphatic heterocycles. The number of halogens is 3. The smallest absolute Gasteiger partial charge is 0.244 e. The van der Waals surface area contributed by atoms with Gasteiger partial charge in [0.05, 0.1) is 11.9 Å². The zero-order valence-corrected chi connectivity index (χ0v) is 21.7. The van der Waals surface area contributed by atoms with E-state index in [0.717, 1.165) is 18.4 Å². The van der Waals surface area contributed by atoms with E-state index in [1.807, 2.05) is 13.8 Å². The van der Waals surface area contributed by atoms with Gasteiger partial charge in [0.2, 0.25) is 21.8 Å². The third-order valence-electron chi connectivity index (χ3n) is 5.52. The lowest BCUT2D eigenvalue weighted by Gasteiger charge is -2.33. The van der Waals surface area contributed by atoms with Crippen molar-refractivity contribution in [2.45, 2.75) is 52.2 Å². The third-order valence-corrected chi connectivity index (χ3v) is 6.92. The van der Waals surface area contributed by atoms with E-state index in [2.05, 4.69) is 5.32 Å². The van der Waals surface area contributed by atoms with Gasteiger partial charge < -0.3 is 10.2 Å². The van der Waals surface area contributed by atoms with Gasteiger partial charge in [-0.25, -0.2) is 17.2 Å².